The van der Waals surface area contributed by atoms with Crippen molar-refractivity contribution >= 4 is 17.5 Å². The number of nitrogens with zero attached hydrogens (tertiary/aromatic N) is 2. The first-order valence-electron chi connectivity index (χ1n) is 6.81. The number of benzene rings is 1. The maximum atomic E-state index is 12.5. The summed E-state index contributed by atoms with van der Waals surface area (Å²) in [6.45, 7) is 3.88. The molecule has 2 amide bonds. The standard InChI is InChI=1S/C17H17N3O2/c1-3-10-19-16(21)15-12-13(9-11-18-15)17(22)20(2)14-7-5-4-6-8-14/h3-9,11-12H,1,10H2,2H3,(H,19,21). The van der Waals surface area contributed by atoms with Gasteiger partial charge in [-0.15, -0.1) is 6.58 Å². The van der Waals surface area contributed by atoms with Crippen molar-refractivity contribution in [3.8, 4) is 0 Å². The summed E-state index contributed by atoms with van der Waals surface area (Å²) in [7, 11) is 1.69. The third kappa shape index (κ3) is 3.58. The Kier molecular flexibility index (Phi) is 5.03. The van der Waals surface area contributed by atoms with Gasteiger partial charge < -0.3 is 10.2 Å². The monoisotopic (exact) mass is 295 g/mol. The van der Waals surface area contributed by atoms with Gasteiger partial charge in [0.2, 0.25) is 0 Å². The molecule has 0 bridgehead atoms. The Bertz CT molecular complexity index is 683. The quantitative estimate of drug-likeness (QED) is 0.861. The van der Waals surface area contributed by atoms with Gasteiger partial charge in [-0.1, -0.05) is 24.3 Å². The summed E-state index contributed by atoms with van der Waals surface area (Å²) < 4.78 is 0. The molecule has 1 aromatic carbocycles. The molecule has 22 heavy (non-hydrogen) atoms. The third-order valence-corrected chi connectivity index (χ3v) is 3.09. The van der Waals surface area contributed by atoms with Crippen LogP contribution in [0.3, 0.4) is 0 Å². The van der Waals surface area contributed by atoms with Crippen molar-refractivity contribution in [1.82, 2.24) is 10.3 Å². The van der Waals surface area contributed by atoms with Crippen LogP contribution < -0.4 is 10.2 Å². The van der Waals surface area contributed by atoms with Gasteiger partial charge in [-0.05, 0) is 24.3 Å². The van der Waals surface area contributed by atoms with E-state index in [2.05, 4.69) is 16.9 Å². The van der Waals surface area contributed by atoms with Crippen molar-refractivity contribution < 1.29 is 9.59 Å². The minimum atomic E-state index is -0.336. The Morgan fingerprint density at radius 2 is 2.00 bits per heavy atom. The number of amides is 2. The lowest BCUT2D eigenvalue weighted by atomic mass is 10.2. The SMILES string of the molecule is C=CCNC(=O)c1cc(C(=O)N(C)c2ccccc2)ccn1. The maximum Gasteiger partial charge on any atom is 0.270 e. The normalized spacial score (nSPS) is 9.86. The molecular weight excluding hydrogens is 278 g/mol. The van der Waals surface area contributed by atoms with E-state index in [0.717, 1.165) is 5.69 Å². The number of anilines is 1. The first-order chi connectivity index (χ1) is 10.6. The average molecular weight is 295 g/mol. The zero-order chi connectivity index (χ0) is 15.9. The molecule has 0 aliphatic heterocycles. The molecule has 0 aliphatic rings. The number of carbonyl (C=O) groups is 2. The molecule has 1 heterocycles. The number of rotatable bonds is 5. The predicted octanol–water partition coefficient (Wildman–Crippen LogP) is 2.27. The highest BCUT2D eigenvalue weighted by molar-refractivity contribution is 6.06. The van der Waals surface area contributed by atoms with Crippen molar-refractivity contribution in [2.45, 2.75) is 0 Å². The highest BCUT2D eigenvalue weighted by Crippen LogP contribution is 2.15. The Labute approximate surface area is 129 Å². The molecule has 0 fully saturated rings. The lowest BCUT2D eigenvalue weighted by Gasteiger charge is -2.17. The molecule has 5 heteroatoms. The predicted molar refractivity (Wildman–Crippen MR) is 85.9 cm³/mol. The summed E-state index contributed by atoms with van der Waals surface area (Å²) in [6.07, 6.45) is 3.03. The molecule has 0 radical (unpaired) electrons. The van der Waals surface area contributed by atoms with Crippen LogP contribution in [0, 0.1) is 0 Å². The van der Waals surface area contributed by atoms with Gasteiger partial charge >= 0.3 is 0 Å². The van der Waals surface area contributed by atoms with Crippen LogP contribution in [0.5, 0.6) is 0 Å². The average Bonchev–Trinajstić information content (AvgIpc) is 2.59. The fraction of sp³-hybridized carbons (Fsp3) is 0.118. The van der Waals surface area contributed by atoms with E-state index >= 15 is 0 Å². The number of nitrogens with one attached hydrogen (secondary N) is 1. The topological polar surface area (TPSA) is 62.3 Å². The summed E-state index contributed by atoms with van der Waals surface area (Å²) in [6, 6.07) is 12.4. The van der Waals surface area contributed by atoms with E-state index in [1.54, 1.807) is 19.2 Å². The van der Waals surface area contributed by atoms with E-state index in [0.29, 0.717) is 12.1 Å². The van der Waals surface area contributed by atoms with Crippen molar-refractivity contribution in [2.75, 3.05) is 18.5 Å². The number of hydrogen-bond donors (Lipinski definition) is 1. The second kappa shape index (κ2) is 7.17. The number of para-hydroxylation sites is 1. The largest absolute Gasteiger partial charge is 0.347 e. The first-order valence-corrected chi connectivity index (χ1v) is 6.81. The summed E-state index contributed by atoms with van der Waals surface area (Å²) in [4.78, 5) is 29.9. The molecule has 1 N–H and O–H groups in total. The maximum absolute atomic E-state index is 12.5. The van der Waals surface area contributed by atoms with E-state index in [9.17, 15) is 9.59 Å². The molecule has 0 aliphatic carbocycles. The van der Waals surface area contributed by atoms with Crippen LogP contribution in [0.15, 0.2) is 61.3 Å². The van der Waals surface area contributed by atoms with Gasteiger partial charge in [-0.2, -0.15) is 0 Å². The molecule has 0 saturated carbocycles. The molecular formula is C17H17N3O2. The van der Waals surface area contributed by atoms with Gasteiger partial charge in [0.05, 0.1) is 0 Å². The van der Waals surface area contributed by atoms with Gasteiger partial charge in [0.1, 0.15) is 5.69 Å². The van der Waals surface area contributed by atoms with E-state index in [1.807, 2.05) is 30.3 Å². The second-order valence-corrected chi connectivity index (χ2v) is 4.63. The highest BCUT2D eigenvalue weighted by Gasteiger charge is 2.15. The van der Waals surface area contributed by atoms with Crippen molar-refractivity contribution in [3.05, 3.63) is 72.6 Å². The van der Waals surface area contributed by atoms with Gasteiger partial charge in [0.15, 0.2) is 0 Å². The van der Waals surface area contributed by atoms with Gasteiger partial charge in [-0.25, -0.2) is 0 Å². The second-order valence-electron chi connectivity index (χ2n) is 4.63. The molecule has 0 atom stereocenters. The van der Waals surface area contributed by atoms with E-state index in [1.165, 1.54) is 17.2 Å². The van der Waals surface area contributed by atoms with Crippen molar-refractivity contribution in [3.63, 3.8) is 0 Å². The summed E-state index contributed by atoms with van der Waals surface area (Å²) in [5.74, 6) is -0.539. The van der Waals surface area contributed by atoms with Crippen LogP contribution in [-0.4, -0.2) is 30.4 Å². The lowest BCUT2D eigenvalue weighted by molar-refractivity contribution is 0.0953. The molecule has 0 saturated heterocycles. The fourth-order valence-corrected chi connectivity index (χ4v) is 1.91. The molecule has 2 rings (SSSR count). The number of aromatic nitrogens is 1. The number of hydrogen-bond acceptors (Lipinski definition) is 3. The minimum absolute atomic E-state index is 0.202. The first kappa shape index (κ1) is 15.4. The molecule has 0 unspecified atom stereocenters. The van der Waals surface area contributed by atoms with E-state index in [-0.39, 0.29) is 17.5 Å². The van der Waals surface area contributed by atoms with Crippen LogP contribution >= 0.6 is 0 Å². The van der Waals surface area contributed by atoms with Crippen molar-refractivity contribution in [2.24, 2.45) is 0 Å². The molecule has 2 aromatic rings. The third-order valence-electron chi connectivity index (χ3n) is 3.09. The number of pyridine rings is 1. The zero-order valence-electron chi connectivity index (χ0n) is 12.3. The van der Waals surface area contributed by atoms with Crippen LogP contribution in [0.25, 0.3) is 0 Å². The number of carbonyl (C=O) groups excluding carboxylic acids is 2. The molecule has 1 aromatic heterocycles. The van der Waals surface area contributed by atoms with Crippen molar-refractivity contribution in [1.29, 1.82) is 0 Å². The van der Waals surface area contributed by atoms with Crippen LogP contribution in [0.1, 0.15) is 20.8 Å². The van der Waals surface area contributed by atoms with E-state index < -0.39 is 0 Å². The Morgan fingerprint density at radius 3 is 2.68 bits per heavy atom. The summed E-state index contributed by atoms with van der Waals surface area (Å²) in [5, 5.41) is 2.63. The Hall–Kier alpha value is -2.95. The molecule has 0 spiro atoms. The highest BCUT2D eigenvalue weighted by atomic mass is 16.2. The van der Waals surface area contributed by atoms with E-state index in [4.69, 9.17) is 0 Å². The van der Waals surface area contributed by atoms with Gasteiger partial charge in [0.25, 0.3) is 11.8 Å². The fourth-order valence-electron chi connectivity index (χ4n) is 1.91. The van der Waals surface area contributed by atoms with Gasteiger partial charge in [-0.3, -0.25) is 14.6 Å². The minimum Gasteiger partial charge on any atom is -0.347 e. The smallest absolute Gasteiger partial charge is 0.270 e. The van der Waals surface area contributed by atoms with Crippen LogP contribution in [-0.2, 0) is 0 Å². The summed E-state index contributed by atoms with van der Waals surface area (Å²) in [5.41, 5.74) is 1.39. The Balaban J connectivity index is 2.20. The lowest BCUT2D eigenvalue weighted by Crippen LogP contribution is -2.28. The van der Waals surface area contributed by atoms with Gasteiger partial charge in [0, 0.05) is 31.0 Å². The zero-order valence-corrected chi connectivity index (χ0v) is 12.3. The molecule has 112 valence electrons. The summed E-state index contributed by atoms with van der Waals surface area (Å²) >= 11 is 0. The van der Waals surface area contributed by atoms with Crippen LogP contribution in [0.2, 0.25) is 0 Å². The Morgan fingerprint density at radius 1 is 1.27 bits per heavy atom. The molecule has 5 nitrogen and oxygen atoms in total. The van der Waals surface area contributed by atoms with Crippen LogP contribution in [0.4, 0.5) is 5.69 Å².